The molecule has 6 heteroatoms. The molecule has 0 bridgehead atoms. The summed E-state index contributed by atoms with van der Waals surface area (Å²) in [6.45, 7) is 7.98. The van der Waals surface area contributed by atoms with Crippen LogP contribution in [0.3, 0.4) is 0 Å². The minimum atomic E-state index is -0.418. The highest BCUT2D eigenvalue weighted by atomic mass is 32.1. The SMILES string of the molecule is CCOC(=O)c1cc(-c2ccccc2)sc1NC(=O)CN(CC)CC. The average Bonchev–Trinajstić information content (AvgIpc) is 3.04. The lowest BCUT2D eigenvalue weighted by atomic mass is 10.1. The Bertz CT molecular complexity index is 709. The highest BCUT2D eigenvalue weighted by Gasteiger charge is 2.20. The quantitative estimate of drug-likeness (QED) is 0.726. The van der Waals surface area contributed by atoms with Crippen LogP contribution in [0.15, 0.2) is 36.4 Å². The lowest BCUT2D eigenvalue weighted by Crippen LogP contribution is -2.33. The molecule has 0 spiro atoms. The van der Waals surface area contributed by atoms with E-state index in [0.717, 1.165) is 23.5 Å². The minimum absolute atomic E-state index is 0.129. The van der Waals surface area contributed by atoms with Crippen LogP contribution in [0, 0.1) is 0 Å². The number of carbonyl (C=O) groups is 2. The second-order valence-electron chi connectivity index (χ2n) is 5.45. The van der Waals surface area contributed by atoms with E-state index in [2.05, 4.69) is 5.32 Å². The Morgan fingerprint density at radius 3 is 2.40 bits per heavy atom. The van der Waals surface area contributed by atoms with Gasteiger partial charge in [-0.1, -0.05) is 44.2 Å². The van der Waals surface area contributed by atoms with Crippen molar-refractivity contribution in [1.29, 1.82) is 0 Å². The third-order valence-electron chi connectivity index (χ3n) is 3.80. The van der Waals surface area contributed by atoms with Gasteiger partial charge in [-0.05, 0) is 31.6 Å². The number of carbonyl (C=O) groups excluding carboxylic acids is 2. The number of nitrogens with zero attached hydrogens (tertiary/aromatic N) is 1. The van der Waals surface area contributed by atoms with Crippen LogP contribution < -0.4 is 5.32 Å². The zero-order valence-corrected chi connectivity index (χ0v) is 15.7. The van der Waals surface area contributed by atoms with Gasteiger partial charge in [0.2, 0.25) is 5.91 Å². The number of rotatable bonds is 8. The van der Waals surface area contributed by atoms with Crippen LogP contribution in [0.5, 0.6) is 0 Å². The summed E-state index contributed by atoms with van der Waals surface area (Å²) in [6, 6.07) is 11.6. The fourth-order valence-corrected chi connectivity index (χ4v) is 3.47. The van der Waals surface area contributed by atoms with E-state index in [0.29, 0.717) is 23.7 Å². The molecule has 1 amide bonds. The first-order valence-electron chi connectivity index (χ1n) is 8.47. The maximum Gasteiger partial charge on any atom is 0.341 e. The van der Waals surface area contributed by atoms with Gasteiger partial charge in [0.25, 0.3) is 0 Å². The van der Waals surface area contributed by atoms with Gasteiger partial charge >= 0.3 is 5.97 Å². The van der Waals surface area contributed by atoms with Crippen LogP contribution in [-0.2, 0) is 9.53 Å². The topological polar surface area (TPSA) is 58.6 Å². The maximum atomic E-state index is 12.3. The molecule has 0 radical (unpaired) electrons. The number of thiophene rings is 1. The maximum absolute atomic E-state index is 12.3. The second-order valence-corrected chi connectivity index (χ2v) is 6.50. The molecular weight excluding hydrogens is 336 g/mol. The van der Waals surface area contributed by atoms with Crippen LogP contribution in [0.2, 0.25) is 0 Å². The van der Waals surface area contributed by atoms with E-state index < -0.39 is 5.97 Å². The van der Waals surface area contributed by atoms with E-state index in [9.17, 15) is 9.59 Å². The largest absolute Gasteiger partial charge is 0.462 e. The van der Waals surface area contributed by atoms with Gasteiger partial charge in [0.05, 0.1) is 18.7 Å². The number of ether oxygens (including phenoxy) is 1. The zero-order chi connectivity index (χ0) is 18.2. The van der Waals surface area contributed by atoms with E-state index in [-0.39, 0.29) is 5.91 Å². The van der Waals surface area contributed by atoms with Crippen LogP contribution in [-0.4, -0.2) is 43.0 Å². The molecule has 134 valence electrons. The summed E-state index contributed by atoms with van der Waals surface area (Å²) in [6.07, 6.45) is 0. The van der Waals surface area contributed by atoms with E-state index in [4.69, 9.17) is 4.74 Å². The van der Waals surface area contributed by atoms with Crippen molar-refractivity contribution in [3.05, 3.63) is 42.0 Å². The van der Waals surface area contributed by atoms with Gasteiger partial charge in [0.1, 0.15) is 5.00 Å². The summed E-state index contributed by atoms with van der Waals surface area (Å²) >= 11 is 1.39. The van der Waals surface area contributed by atoms with E-state index in [1.54, 1.807) is 13.0 Å². The van der Waals surface area contributed by atoms with Crippen LogP contribution in [0.25, 0.3) is 10.4 Å². The summed E-state index contributed by atoms with van der Waals surface area (Å²) in [7, 11) is 0. The Morgan fingerprint density at radius 2 is 1.80 bits per heavy atom. The molecule has 1 aromatic carbocycles. The van der Waals surface area contributed by atoms with Gasteiger partial charge in [0.15, 0.2) is 0 Å². The third-order valence-corrected chi connectivity index (χ3v) is 4.90. The van der Waals surface area contributed by atoms with Gasteiger partial charge in [-0.15, -0.1) is 11.3 Å². The first-order valence-corrected chi connectivity index (χ1v) is 9.29. The predicted molar refractivity (Wildman–Crippen MR) is 102 cm³/mol. The molecule has 0 unspecified atom stereocenters. The van der Waals surface area contributed by atoms with Gasteiger partial charge < -0.3 is 10.1 Å². The second kappa shape index (κ2) is 9.34. The van der Waals surface area contributed by atoms with Crippen molar-refractivity contribution >= 4 is 28.2 Å². The normalized spacial score (nSPS) is 10.7. The molecule has 25 heavy (non-hydrogen) atoms. The Labute approximate surface area is 152 Å². The Hall–Kier alpha value is -2.18. The van der Waals surface area contributed by atoms with Gasteiger partial charge in [-0.25, -0.2) is 4.79 Å². The average molecular weight is 360 g/mol. The van der Waals surface area contributed by atoms with E-state index in [1.165, 1.54) is 11.3 Å². The van der Waals surface area contributed by atoms with Crippen molar-refractivity contribution in [3.63, 3.8) is 0 Å². The number of amides is 1. The first kappa shape index (κ1) is 19.1. The van der Waals surface area contributed by atoms with Crippen molar-refractivity contribution in [3.8, 4) is 10.4 Å². The number of benzene rings is 1. The standard InChI is InChI=1S/C19H24N2O3S/c1-4-21(5-2)13-17(22)20-18-15(19(23)24-6-3)12-16(25-18)14-10-8-7-9-11-14/h7-12H,4-6,13H2,1-3H3,(H,20,22). The van der Waals surface area contributed by atoms with Gasteiger partial charge in [-0.2, -0.15) is 0 Å². The highest BCUT2D eigenvalue weighted by molar-refractivity contribution is 7.20. The lowest BCUT2D eigenvalue weighted by molar-refractivity contribution is -0.117. The smallest absolute Gasteiger partial charge is 0.341 e. The molecule has 0 fully saturated rings. The first-order chi connectivity index (χ1) is 12.1. The van der Waals surface area contributed by atoms with Crippen molar-refractivity contribution in [2.75, 3.05) is 31.6 Å². The number of anilines is 1. The van der Waals surface area contributed by atoms with Crippen LogP contribution >= 0.6 is 11.3 Å². The van der Waals surface area contributed by atoms with Crippen LogP contribution in [0.4, 0.5) is 5.00 Å². The molecule has 0 saturated carbocycles. The van der Waals surface area contributed by atoms with E-state index >= 15 is 0 Å². The molecule has 1 aromatic heterocycles. The molecule has 0 atom stereocenters. The Morgan fingerprint density at radius 1 is 1.12 bits per heavy atom. The number of hydrogen-bond donors (Lipinski definition) is 1. The molecule has 0 aliphatic rings. The Balaban J connectivity index is 2.26. The Kier molecular flexibility index (Phi) is 7.16. The van der Waals surface area contributed by atoms with Gasteiger partial charge in [-0.3, -0.25) is 9.69 Å². The van der Waals surface area contributed by atoms with Crippen molar-refractivity contribution < 1.29 is 14.3 Å². The number of esters is 1. The molecule has 0 saturated heterocycles. The van der Waals surface area contributed by atoms with Gasteiger partial charge in [0, 0.05) is 4.88 Å². The summed E-state index contributed by atoms with van der Waals surface area (Å²) < 4.78 is 5.13. The predicted octanol–water partition coefficient (Wildman–Crippen LogP) is 3.87. The minimum Gasteiger partial charge on any atom is -0.462 e. The number of likely N-dealkylation sites (N-methyl/N-ethyl adjacent to an activating group) is 1. The molecule has 1 N–H and O–H groups in total. The third kappa shape index (κ3) is 5.14. The lowest BCUT2D eigenvalue weighted by Gasteiger charge is -2.17. The fraction of sp³-hybridized carbons (Fsp3) is 0.368. The fourth-order valence-electron chi connectivity index (χ4n) is 2.41. The summed E-state index contributed by atoms with van der Waals surface area (Å²) in [5.74, 6) is -0.546. The number of nitrogens with one attached hydrogen (secondary N) is 1. The molecular formula is C19H24N2O3S. The van der Waals surface area contributed by atoms with Crippen molar-refractivity contribution in [2.45, 2.75) is 20.8 Å². The molecule has 2 aromatic rings. The molecule has 2 rings (SSSR count). The molecule has 0 aliphatic heterocycles. The highest BCUT2D eigenvalue weighted by Crippen LogP contribution is 2.35. The molecule has 5 nitrogen and oxygen atoms in total. The summed E-state index contributed by atoms with van der Waals surface area (Å²) in [5.41, 5.74) is 1.40. The van der Waals surface area contributed by atoms with E-state index in [1.807, 2.05) is 49.1 Å². The summed E-state index contributed by atoms with van der Waals surface area (Å²) in [4.78, 5) is 27.5. The monoisotopic (exact) mass is 360 g/mol. The van der Waals surface area contributed by atoms with Crippen molar-refractivity contribution in [2.24, 2.45) is 0 Å². The van der Waals surface area contributed by atoms with Crippen molar-refractivity contribution in [1.82, 2.24) is 4.90 Å². The zero-order valence-electron chi connectivity index (χ0n) is 14.9. The summed E-state index contributed by atoms with van der Waals surface area (Å²) in [5, 5.41) is 3.41. The van der Waals surface area contributed by atoms with Crippen LogP contribution in [0.1, 0.15) is 31.1 Å². The molecule has 1 heterocycles. The molecule has 0 aliphatic carbocycles. The number of hydrogen-bond acceptors (Lipinski definition) is 5.